The first-order valence-corrected chi connectivity index (χ1v) is 6.42. The second-order valence-corrected chi connectivity index (χ2v) is 4.63. The topological polar surface area (TPSA) is 84.0 Å². The van der Waals surface area contributed by atoms with Crippen LogP contribution in [-0.2, 0) is 4.74 Å². The van der Waals surface area contributed by atoms with E-state index in [-0.39, 0.29) is 11.9 Å². The molecule has 0 unspecified atom stereocenters. The molecule has 3 rings (SSSR count). The van der Waals surface area contributed by atoms with Crippen molar-refractivity contribution in [3.05, 3.63) is 42.0 Å². The summed E-state index contributed by atoms with van der Waals surface area (Å²) < 4.78 is 5.47. The second kappa shape index (κ2) is 5.38. The molecule has 2 aromatic rings. The molecule has 0 spiro atoms. The van der Waals surface area contributed by atoms with Gasteiger partial charge in [0.1, 0.15) is 17.6 Å². The Bertz CT molecular complexity index is 598. The van der Waals surface area contributed by atoms with E-state index in [1.54, 1.807) is 17.3 Å². The van der Waals surface area contributed by atoms with E-state index >= 15 is 0 Å². The predicted molar refractivity (Wildman–Crippen MR) is 70.0 cm³/mol. The quantitative estimate of drug-likeness (QED) is 0.871. The smallest absolute Gasteiger partial charge is 0.274 e. The van der Waals surface area contributed by atoms with Crippen LogP contribution in [0.15, 0.2) is 24.8 Å². The van der Waals surface area contributed by atoms with Crippen molar-refractivity contribution < 1.29 is 9.53 Å². The highest BCUT2D eigenvalue weighted by atomic mass is 16.5. The van der Waals surface area contributed by atoms with Crippen LogP contribution in [0, 0.1) is 6.92 Å². The number of carbonyl (C=O) groups excluding carboxylic acids is 1. The zero-order chi connectivity index (χ0) is 13.9. The number of carbonyl (C=O) groups is 1. The summed E-state index contributed by atoms with van der Waals surface area (Å²) in [6, 6.07) is -0.216. The summed E-state index contributed by atoms with van der Waals surface area (Å²) in [4.78, 5) is 29.7. The van der Waals surface area contributed by atoms with Gasteiger partial charge in [-0.15, -0.1) is 0 Å². The standard InChI is InChI=1S/C13H15N5O2/c1-9-6-16-12(17-9)11-8-20-5-4-18(11)13(19)10-7-14-2-3-15-10/h2-3,6-7,11H,4-5,8H2,1H3,(H,16,17)/t11-/m0/s1. The molecule has 104 valence electrons. The van der Waals surface area contributed by atoms with Crippen molar-refractivity contribution in [2.24, 2.45) is 0 Å². The number of nitrogens with one attached hydrogen (secondary N) is 1. The summed E-state index contributed by atoms with van der Waals surface area (Å²) in [5.74, 6) is 0.583. The first-order valence-electron chi connectivity index (χ1n) is 6.42. The van der Waals surface area contributed by atoms with Crippen molar-refractivity contribution in [1.82, 2.24) is 24.8 Å². The average molecular weight is 273 g/mol. The highest BCUT2D eigenvalue weighted by molar-refractivity contribution is 5.92. The van der Waals surface area contributed by atoms with Gasteiger partial charge in [0, 0.05) is 30.8 Å². The zero-order valence-electron chi connectivity index (χ0n) is 11.1. The molecule has 0 aliphatic carbocycles. The third-order valence-corrected chi connectivity index (χ3v) is 3.21. The van der Waals surface area contributed by atoms with Crippen molar-refractivity contribution >= 4 is 5.91 Å². The molecule has 0 radical (unpaired) electrons. The van der Waals surface area contributed by atoms with Crippen LogP contribution in [0.1, 0.15) is 28.0 Å². The monoisotopic (exact) mass is 273 g/mol. The Morgan fingerprint density at radius 2 is 2.30 bits per heavy atom. The van der Waals surface area contributed by atoms with Crippen LogP contribution in [-0.4, -0.2) is 50.5 Å². The van der Waals surface area contributed by atoms with Gasteiger partial charge in [-0.2, -0.15) is 0 Å². The van der Waals surface area contributed by atoms with Crippen LogP contribution in [0.5, 0.6) is 0 Å². The maximum atomic E-state index is 12.5. The molecule has 1 amide bonds. The molecular weight excluding hydrogens is 258 g/mol. The van der Waals surface area contributed by atoms with E-state index in [0.29, 0.717) is 25.5 Å². The number of aromatic nitrogens is 4. The van der Waals surface area contributed by atoms with Crippen molar-refractivity contribution in [3.8, 4) is 0 Å². The fourth-order valence-corrected chi connectivity index (χ4v) is 2.23. The summed E-state index contributed by atoms with van der Waals surface area (Å²) >= 11 is 0. The molecule has 1 atom stereocenters. The van der Waals surface area contributed by atoms with Gasteiger partial charge in [-0.05, 0) is 6.92 Å². The van der Waals surface area contributed by atoms with Gasteiger partial charge in [0.15, 0.2) is 0 Å². The number of morpholine rings is 1. The van der Waals surface area contributed by atoms with Gasteiger partial charge in [0.25, 0.3) is 5.91 Å². The Morgan fingerprint density at radius 3 is 3.00 bits per heavy atom. The number of aryl methyl sites for hydroxylation is 1. The van der Waals surface area contributed by atoms with E-state index < -0.39 is 0 Å². The SMILES string of the molecule is Cc1cnc([C@@H]2COCCN2C(=O)c2cnccn2)[nH]1. The van der Waals surface area contributed by atoms with Crippen LogP contribution >= 0.6 is 0 Å². The molecule has 1 fully saturated rings. The minimum absolute atomic E-state index is 0.152. The summed E-state index contributed by atoms with van der Waals surface area (Å²) in [5.41, 5.74) is 1.29. The molecule has 7 heteroatoms. The van der Waals surface area contributed by atoms with Crippen LogP contribution in [0.4, 0.5) is 0 Å². The average Bonchev–Trinajstić information content (AvgIpc) is 2.94. The number of nitrogens with zero attached hydrogens (tertiary/aromatic N) is 4. The van der Waals surface area contributed by atoms with Crippen molar-refractivity contribution in [3.63, 3.8) is 0 Å². The Kier molecular flexibility index (Phi) is 3.42. The van der Waals surface area contributed by atoms with Crippen LogP contribution < -0.4 is 0 Å². The van der Waals surface area contributed by atoms with E-state index in [1.165, 1.54) is 12.4 Å². The fraction of sp³-hybridized carbons (Fsp3) is 0.385. The molecule has 2 aromatic heterocycles. The molecule has 0 bridgehead atoms. The first-order chi connectivity index (χ1) is 9.75. The lowest BCUT2D eigenvalue weighted by molar-refractivity contribution is -0.00534. The number of hydrogen-bond donors (Lipinski definition) is 1. The maximum Gasteiger partial charge on any atom is 0.274 e. The summed E-state index contributed by atoms with van der Waals surface area (Å²) in [7, 11) is 0. The molecule has 7 nitrogen and oxygen atoms in total. The molecule has 1 N–H and O–H groups in total. The summed E-state index contributed by atoms with van der Waals surface area (Å²) in [5, 5.41) is 0. The molecule has 1 aliphatic heterocycles. The molecule has 20 heavy (non-hydrogen) atoms. The minimum atomic E-state index is -0.216. The highest BCUT2D eigenvalue weighted by Gasteiger charge is 2.31. The molecule has 0 aromatic carbocycles. The number of hydrogen-bond acceptors (Lipinski definition) is 5. The van der Waals surface area contributed by atoms with Crippen LogP contribution in [0.2, 0.25) is 0 Å². The normalized spacial score (nSPS) is 19.1. The van der Waals surface area contributed by atoms with Gasteiger partial charge in [-0.1, -0.05) is 0 Å². The third-order valence-electron chi connectivity index (χ3n) is 3.21. The van der Waals surface area contributed by atoms with Crippen LogP contribution in [0.25, 0.3) is 0 Å². The van der Waals surface area contributed by atoms with E-state index in [1.807, 2.05) is 6.92 Å². The van der Waals surface area contributed by atoms with Gasteiger partial charge < -0.3 is 14.6 Å². The Labute approximate surface area is 116 Å². The van der Waals surface area contributed by atoms with Gasteiger partial charge >= 0.3 is 0 Å². The largest absolute Gasteiger partial charge is 0.377 e. The number of imidazole rings is 1. The molecule has 0 saturated carbocycles. The predicted octanol–water partition coefficient (Wildman–Crippen LogP) is 0.722. The van der Waals surface area contributed by atoms with Crippen molar-refractivity contribution in [1.29, 1.82) is 0 Å². The fourth-order valence-electron chi connectivity index (χ4n) is 2.23. The lowest BCUT2D eigenvalue weighted by Gasteiger charge is -2.34. The van der Waals surface area contributed by atoms with Crippen molar-refractivity contribution in [2.45, 2.75) is 13.0 Å². The summed E-state index contributed by atoms with van der Waals surface area (Å²) in [6.45, 7) is 3.38. The van der Waals surface area contributed by atoms with Crippen molar-refractivity contribution in [2.75, 3.05) is 19.8 Å². The third kappa shape index (κ3) is 2.39. The molecule has 1 aliphatic rings. The second-order valence-electron chi connectivity index (χ2n) is 4.63. The van der Waals surface area contributed by atoms with E-state index in [9.17, 15) is 4.79 Å². The molecule has 3 heterocycles. The zero-order valence-corrected chi connectivity index (χ0v) is 11.1. The van der Waals surface area contributed by atoms with E-state index in [4.69, 9.17) is 4.74 Å². The Morgan fingerprint density at radius 1 is 1.40 bits per heavy atom. The molecule has 1 saturated heterocycles. The maximum absolute atomic E-state index is 12.5. The molecular formula is C13H15N5O2. The van der Waals surface area contributed by atoms with Crippen LogP contribution in [0.3, 0.4) is 0 Å². The van der Waals surface area contributed by atoms with Gasteiger partial charge in [0.2, 0.25) is 0 Å². The Hall–Kier alpha value is -2.28. The number of aromatic amines is 1. The Balaban J connectivity index is 1.87. The first kappa shape index (κ1) is 12.7. The number of ether oxygens (including phenoxy) is 1. The number of H-pyrrole nitrogens is 1. The van der Waals surface area contributed by atoms with Gasteiger partial charge in [-0.3, -0.25) is 9.78 Å². The number of amides is 1. The van der Waals surface area contributed by atoms with E-state index in [0.717, 1.165) is 11.5 Å². The lowest BCUT2D eigenvalue weighted by atomic mass is 10.2. The summed E-state index contributed by atoms with van der Waals surface area (Å²) in [6.07, 6.45) is 6.28. The lowest BCUT2D eigenvalue weighted by Crippen LogP contribution is -2.44. The number of rotatable bonds is 2. The minimum Gasteiger partial charge on any atom is -0.377 e. The highest BCUT2D eigenvalue weighted by Crippen LogP contribution is 2.23. The van der Waals surface area contributed by atoms with E-state index in [2.05, 4.69) is 19.9 Å². The van der Waals surface area contributed by atoms with Gasteiger partial charge in [0.05, 0.1) is 19.4 Å². The van der Waals surface area contributed by atoms with Gasteiger partial charge in [-0.25, -0.2) is 9.97 Å².